The van der Waals surface area contributed by atoms with Gasteiger partial charge in [-0.05, 0) is 0 Å². The van der Waals surface area contributed by atoms with Crippen LogP contribution in [-0.4, -0.2) is 16.4 Å². The summed E-state index contributed by atoms with van der Waals surface area (Å²) in [6.07, 6.45) is -2.25. The lowest BCUT2D eigenvalue weighted by Gasteiger charge is -1.73. The maximum Gasteiger partial charge on any atom is 0.461 e. The van der Waals surface area contributed by atoms with Crippen LogP contribution in [0.15, 0.2) is 0 Å². The van der Waals surface area contributed by atoms with Crippen molar-refractivity contribution in [3.8, 4) is 0 Å². The quantitative estimate of drug-likeness (QED) is 0.211. The first-order valence-corrected chi connectivity index (χ1v) is 1.02. The van der Waals surface area contributed by atoms with Crippen LogP contribution >= 0.6 is 0 Å². The van der Waals surface area contributed by atoms with Gasteiger partial charge in [0.05, 0.1) is 0 Å². The average Bonchev–Trinajstić information content (AvgIpc) is 1.76. The monoisotopic (exact) mass is 78.0 g/mol. The summed E-state index contributed by atoms with van der Waals surface area (Å²) in [4.78, 5) is 7.01. The van der Waals surface area contributed by atoms with Crippen molar-refractivity contribution in [2.24, 2.45) is 0 Å². The van der Waals surface area contributed by atoms with Crippen LogP contribution in [-0.2, 0) is 9.78 Å². The Morgan fingerprint density at radius 2 is 1.40 bits per heavy atom. The van der Waals surface area contributed by atoms with E-state index in [1.165, 1.54) is 0 Å². The molecule has 1 aliphatic rings. The van der Waals surface area contributed by atoms with E-state index in [1.807, 2.05) is 0 Å². The molecule has 0 saturated carbocycles. The van der Waals surface area contributed by atoms with Gasteiger partial charge < -0.3 is 10.2 Å². The van der Waals surface area contributed by atoms with Gasteiger partial charge in [-0.15, -0.1) is 9.78 Å². The largest absolute Gasteiger partial charge is 0.461 e. The minimum Gasteiger partial charge on any atom is -0.315 e. The second-order valence-electron chi connectivity index (χ2n) is 0.715. The molecule has 0 aromatic rings. The molecule has 1 rings (SSSR count). The van der Waals surface area contributed by atoms with E-state index in [-0.39, 0.29) is 0 Å². The lowest BCUT2D eigenvalue weighted by atomic mass is 11.2. The van der Waals surface area contributed by atoms with Crippen molar-refractivity contribution in [1.29, 1.82) is 0 Å². The molecule has 0 atom stereocenters. The Balaban J connectivity index is 2.38. The maximum absolute atomic E-state index is 7.74. The average molecular weight is 78.0 g/mol. The number of rotatable bonds is 0. The highest BCUT2D eigenvalue weighted by atomic mass is 17.5. The van der Waals surface area contributed by atoms with Crippen LogP contribution in [0.5, 0.6) is 0 Å². The number of hydrogen-bond acceptors (Lipinski definition) is 4. The van der Waals surface area contributed by atoms with E-state index in [0.717, 1.165) is 0 Å². The SMILES string of the molecule is OC1(O)OO1. The number of hydrogen-bond donors (Lipinski definition) is 2. The highest BCUT2D eigenvalue weighted by Gasteiger charge is 2.45. The normalized spacial score (nSPS) is 30.0. The molecule has 30 valence electrons. The van der Waals surface area contributed by atoms with Gasteiger partial charge in [0.2, 0.25) is 0 Å². The third-order valence-corrected chi connectivity index (χ3v) is 0.232. The Bertz CT molecular complexity index is 41.6. The van der Waals surface area contributed by atoms with E-state index in [4.69, 9.17) is 10.2 Å². The van der Waals surface area contributed by atoms with Crippen molar-refractivity contribution >= 4 is 0 Å². The van der Waals surface area contributed by atoms with E-state index >= 15 is 0 Å². The minimum atomic E-state index is -2.25. The van der Waals surface area contributed by atoms with Crippen molar-refractivity contribution < 1.29 is 20.0 Å². The fourth-order valence-corrected chi connectivity index (χ4v) is 0.0373. The van der Waals surface area contributed by atoms with Gasteiger partial charge in [-0.1, -0.05) is 0 Å². The predicted molar refractivity (Wildman–Crippen MR) is 9.34 cm³/mol. The Hall–Kier alpha value is -0.160. The molecule has 4 heteroatoms. The topological polar surface area (TPSA) is 65.5 Å². The Kier molecular flexibility index (Phi) is 0.307. The molecule has 0 aliphatic carbocycles. The van der Waals surface area contributed by atoms with Gasteiger partial charge in [0.25, 0.3) is 0 Å². The Morgan fingerprint density at radius 1 is 1.20 bits per heavy atom. The fourth-order valence-electron chi connectivity index (χ4n) is 0.0373. The second-order valence-corrected chi connectivity index (χ2v) is 0.715. The molecular weight excluding hydrogens is 76.0 g/mol. The van der Waals surface area contributed by atoms with Gasteiger partial charge in [0, 0.05) is 0 Å². The van der Waals surface area contributed by atoms with E-state index in [1.54, 1.807) is 0 Å². The summed E-state index contributed by atoms with van der Waals surface area (Å²) in [5.41, 5.74) is 0. The summed E-state index contributed by atoms with van der Waals surface area (Å²) in [6, 6.07) is 0. The zero-order valence-electron chi connectivity index (χ0n) is 2.21. The molecule has 0 amide bonds. The summed E-state index contributed by atoms with van der Waals surface area (Å²) in [6.45, 7) is 0. The lowest BCUT2D eigenvalue weighted by Crippen LogP contribution is -2.03. The number of aliphatic hydroxyl groups is 2. The van der Waals surface area contributed by atoms with Crippen LogP contribution in [0.4, 0.5) is 0 Å². The van der Waals surface area contributed by atoms with Gasteiger partial charge in [-0.25, -0.2) is 0 Å². The van der Waals surface area contributed by atoms with Crippen molar-refractivity contribution in [2.45, 2.75) is 6.16 Å². The highest BCUT2D eigenvalue weighted by Crippen LogP contribution is 2.19. The van der Waals surface area contributed by atoms with Gasteiger partial charge in [-0.3, -0.25) is 0 Å². The van der Waals surface area contributed by atoms with Crippen molar-refractivity contribution in [3.63, 3.8) is 0 Å². The van der Waals surface area contributed by atoms with Gasteiger partial charge in [0.15, 0.2) is 0 Å². The molecule has 0 spiro atoms. The maximum atomic E-state index is 7.74. The molecule has 1 heterocycles. The van der Waals surface area contributed by atoms with Crippen molar-refractivity contribution in [2.75, 3.05) is 0 Å². The molecule has 5 heavy (non-hydrogen) atoms. The first-order chi connectivity index (χ1) is 2.21. The van der Waals surface area contributed by atoms with Crippen molar-refractivity contribution in [1.82, 2.24) is 0 Å². The smallest absolute Gasteiger partial charge is 0.315 e. The molecule has 0 aromatic carbocycles. The van der Waals surface area contributed by atoms with Crippen LogP contribution in [0.3, 0.4) is 0 Å². The molecule has 0 aromatic heterocycles. The standard InChI is InChI=1S/CH2O4/c2-1(3)4-5-1/h2-3H. The van der Waals surface area contributed by atoms with E-state index in [0.29, 0.717) is 0 Å². The summed E-state index contributed by atoms with van der Waals surface area (Å²) in [5, 5.41) is 15.5. The van der Waals surface area contributed by atoms with Crippen molar-refractivity contribution in [3.05, 3.63) is 0 Å². The highest BCUT2D eigenvalue weighted by molar-refractivity contribution is 4.24. The van der Waals surface area contributed by atoms with Gasteiger partial charge in [0.1, 0.15) is 0 Å². The first kappa shape index (κ1) is 3.05. The zero-order valence-corrected chi connectivity index (χ0v) is 2.21. The minimum absolute atomic E-state index is 2.25. The van der Waals surface area contributed by atoms with Crippen LogP contribution in [0.2, 0.25) is 0 Å². The molecule has 4 nitrogen and oxygen atoms in total. The molecule has 0 unspecified atom stereocenters. The molecule has 1 aliphatic heterocycles. The summed E-state index contributed by atoms with van der Waals surface area (Å²) in [7, 11) is 0. The molecular formula is CH2O4. The zero-order chi connectivity index (χ0) is 3.91. The van der Waals surface area contributed by atoms with Gasteiger partial charge >= 0.3 is 6.16 Å². The molecule has 1 saturated heterocycles. The second kappa shape index (κ2) is 0.504. The third-order valence-electron chi connectivity index (χ3n) is 0.232. The van der Waals surface area contributed by atoms with Crippen LogP contribution in [0, 0.1) is 0 Å². The fraction of sp³-hybridized carbons (Fsp3) is 1.00. The Labute approximate surface area is 27.5 Å². The van der Waals surface area contributed by atoms with E-state index < -0.39 is 6.16 Å². The van der Waals surface area contributed by atoms with Gasteiger partial charge in [-0.2, -0.15) is 0 Å². The van der Waals surface area contributed by atoms with Crippen LogP contribution in [0.1, 0.15) is 0 Å². The first-order valence-electron chi connectivity index (χ1n) is 1.02. The van der Waals surface area contributed by atoms with E-state index in [9.17, 15) is 0 Å². The third kappa shape index (κ3) is 0.555. The van der Waals surface area contributed by atoms with E-state index in [2.05, 4.69) is 9.78 Å². The van der Waals surface area contributed by atoms with Crippen LogP contribution < -0.4 is 0 Å². The summed E-state index contributed by atoms with van der Waals surface area (Å²) >= 11 is 0. The summed E-state index contributed by atoms with van der Waals surface area (Å²) in [5.74, 6) is 0. The summed E-state index contributed by atoms with van der Waals surface area (Å²) < 4.78 is 0. The predicted octanol–water partition coefficient (Wildman–Crippen LogP) is -1.46. The molecule has 1 fully saturated rings. The lowest BCUT2D eigenvalue weighted by molar-refractivity contribution is -0.168. The Morgan fingerprint density at radius 3 is 1.40 bits per heavy atom. The van der Waals surface area contributed by atoms with Crippen LogP contribution in [0.25, 0.3) is 0 Å². The molecule has 0 bridgehead atoms. The molecule has 2 N–H and O–H groups in total. The molecule has 0 radical (unpaired) electrons.